The average Bonchev–Trinajstić information content (AvgIpc) is 1.87. The Bertz CT molecular complexity index is 145. The molecule has 58 valence electrons. The van der Waals surface area contributed by atoms with Crippen LogP contribution in [-0.4, -0.2) is 23.7 Å². The van der Waals surface area contributed by atoms with Crippen molar-refractivity contribution >= 4 is 5.97 Å². The molecule has 0 saturated carbocycles. The number of aliphatic carboxylic acids is 1. The van der Waals surface area contributed by atoms with Crippen molar-refractivity contribution in [3.63, 3.8) is 0 Å². The molecule has 0 saturated heterocycles. The van der Waals surface area contributed by atoms with Crippen LogP contribution in [-0.2, 0) is 4.79 Å². The minimum absolute atomic E-state index is 0.389. The quantitative estimate of drug-likeness (QED) is 0.455. The average molecular weight is 144 g/mol. The molecule has 0 rings (SSSR count). The van der Waals surface area contributed by atoms with Gasteiger partial charge in [-0.05, 0) is 18.5 Å². The smallest absolute Gasteiger partial charge is 0.324 e. The zero-order chi connectivity index (χ0) is 8.15. The molecule has 0 fully saturated rings. The predicted molar refractivity (Wildman–Crippen MR) is 38.4 cm³/mol. The number of hydrogen-bond acceptors (Lipinski definition) is 3. The summed E-state index contributed by atoms with van der Waals surface area (Å²) in [6.45, 7) is 3.87. The van der Waals surface area contributed by atoms with Gasteiger partial charge >= 0.3 is 5.97 Å². The van der Waals surface area contributed by atoms with Crippen LogP contribution in [0.15, 0.2) is 12.2 Å². The minimum atomic E-state index is -1.06. The molecule has 0 aromatic rings. The summed E-state index contributed by atoms with van der Waals surface area (Å²) in [5.41, 5.74) is 10.8. The second-order valence-corrected chi connectivity index (χ2v) is 2.01. The highest BCUT2D eigenvalue weighted by Crippen LogP contribution is 2.00. The van der Waals surface area contributed by atoms with Crippen LogP contribution in [0.2, 0.25) is 0 Å². The van der Waals surface area contributed by atoms with Gasteiger partial charge in [-0.15, -0.1) is 0 Å². The Morgan fingerprint density at radius 2 is 2.20 bits per heavy atom. The van der Waals surface area contributed by atoms with E-state index >= 15 is 0 Å². The molecular formula is C6H12N2O2. The summed E-state index contributed by atoms with van der Waals surface area (Å²) in [5, 5.41) is 8.35. The summed E-state index contributed by atoms with van der Waals surface area (Å²) in [5.74, 6) is -1.06. The largest absolute Gasteiger partial charge is 0.480 e. The zero-order valence-electron chi connectivity index (χ0n) is 5.71. The summed E-state index contributed by atoms with van der Waals surface area (Å²) in [7, 11) is 0. The Balaban J connectivity index is 3.82. The highest BCUT2D eigenvalue weighted by Gasteiger charge is 2.13. The summed E-state index contributed by atoms with van der Waals surface area (Å²) in [6.07, 6.45) is 0.466. The van der Waals surface area contributed by atoms with E-state index in [9.17, 15) is 4.79 Å². The molecule has 4 heteroatoms. The van der Waals surface area contributed by atoms with Gasteiger partial charge in [0.2, 0.25) is 0 Å². The van der Waals surface area contributed by atoms with E-state index in [0.29, 0.717) is 18.5 Å². The molecule has 0 aliphatic heterocycles. The maximum Gasteiger partial charge on any atom is 0.324 e. The van der Waals surface area contributed by atoms with Crippen molar-refractivity contribution in [1.82, 2.24) is 0 Å². The van der Waals surface area contributed by atoms with E-state index in [1.807, 2.05) is 0 Å². The lowest BCUT2D eigenvalue weighted by Crippen LogP contribution is -2.32. The molecule has 10 heavy (non-hydrogen) atoms. The van der Waals surface area contributed by atoms with E-state index < -0.39 is 12.0 Å². The number of carboxylic acid groups (broad SMARTS) is 1. The van der Waals surface area contributed by atoms with E-state index in [-0.39, 0.29) is 0 Å². The number of carbonyl (C=O) groups is 1. The fourth-order valence-corrected chi connectivity index (χ4v) is 0.516. The van der Waals surface area contributed by atoms with E-state index in [1.165, 1.54) is 0 Å². The number of nitrogens with two attached hydrogens (primary N) is 2. The third kappa shape index (κ3) is 2.61. The Morgan fingerprint density at radius 3 is 2.50 bits per heavy atom. The van der Waals surface area contributed by atoms with Crippen molar-refractivity contribution in [2.45, 2.75) is 12.5 Å². The number of carboxylic acids is 1. The van der Waals surface area contributed by atoms with Gasteiger partial charge in [-0.1, -0.05) is 6.58 Å². The van der Waals surface area contributed by atoms with E-state index in [1.54, 1.807) is 0 Å². The summed E-state index contributed by atoms with van der Waals surface area (Å²) < 4.78 is 0. The molecule has 0 aromatic carbocycles. The molecule has 0 spiro atoms. The first-order chi connectivity index (χ1) is 4.59. The zero-order valence-corrected chi connectivity index (χ0v) is 5.71. The fraction of sp³-hybridized carbons (Fsp3) is 0.500. The lowest BCUT2D eigenvalue weighted by molar-refractivity contribution is -0.137. The topological polar surface area (TPSA) is 89.3 Å². The molecule has 0 amide bonds. The maximum absolute atomic E-state index is 10.2. The highest BCUT2D eigenvalue weighted by atomic mass is 16.4. The third-order valence-corrected chi connectivity index (χ3v) is 1.17. The first-order valence-corrected chi connectivity index (χ1v) is 2.95. The summed E-state index contributed by atoms with van der Waals surface area (Å²) in [4.78, 5) is 10.2. The number of hydrogen-bond donors (Lipinski definition) is 3. The van der Waals surface area contributed by atoms with Crippen LogP contribution >= 0.6 is 0 Å². The van der Waals surface area contributed by atoms with Gasteiger partial charge < -0.3 is 16.6 Å². The van der Waals surface area contributed by atoms with Gasteiger partial charge in [-0.2, -0.15) is 0 Å². The maximum atomic E-state index is 10.2. The Morgan fingerprint density at radius 1 is 1.70 bits per heavy atom. The Labute approximate surface area is 59.5 Å². The van der Waals surface area contributed by atoms with Crippen molar-refractivity contribution in [1.29, 1.82) is 0 Å². The van der Waals surface area contributed by atoms with Crippen LogP contribution in [0.4, 0.5) is 0 Å². The van der Waals surface area contributed by atoms with E-state index in [2.05, 4.69) is 6.58 Å². The second kappa shape index (κ2) is 4.03. The predicted octanol–water partition coefficient (Wildman–Crippen LogP) is -0.697. The van der Waals surface area contributed by atoms with Crippen molar-refractivity contribution in [2.24, 2.45) is 11.5 Å². The molecule has 0 aromatic heterocycles. The summed E-state index contributed by atoms with van der Waals surface area (Å²) >= 11 is 0. The van der Waals surface area contributed by atoms with Crippen LogP contribution in [0.1, 0.15) is 6.42 Å². The second-order valence-electron chi connectivity index (χ2n) is 2.01. The van der Waals surface area contributed by atoms with Crippen LogP contribution in [0.3, 0.4) is 0 Å². The monoisotopic (exact) mass is 144 g/mol. The van der Waals surface area contributed by atoms with Crippen molar-refractivity contribution < 1.29 is 9.90 Å². The van der Waals surface area contributed by atoms with Crippen LogP contribution in [0, 0.1) is 0 Å². The first kappa shape index (κ1) is 9.13. The highest BCUT2D eigenvalue weighted by molar-refractivity contribution is 5.76. The van der Waals surface area contributed by atoms with Crippen LogP contribution in [0.5, 0.6) is 0 Å². The van der Waals surface area contributed by atoms with Crippen LogP contribution in [0.25, 0.3) is 0 Å². The lowest BCUT2D eigenvalue weighted by Gasteiger charge is -2.07. The molecule has 1 atom stereocenters. The Hall–Kier alpha value is -0.870. The Kier molecular flexibility index (Phi) is 3.68. The van der Waals surface area contributed by atoms with Crippen molar-refractivity contribution in [2.75, 3.05) is 6.54 Å². The molecule has 0 radical (unpaired) electrons. The molecular weight excluding hydrogens is 132 g/mol. The number of rotatable bonds is 4. The minimum Gasteiger partial charge on any atom is -0.480 e. The van der Waals surface area contributed by atoms with Gasteiger partial charge in [0.15, 0.2) is 0 Å². The van der Waals surface area contributed by atoms with Crippen LogP contribution < -0.4 is 11.5 Å². The molecule has 0 bridgehead atoms. The van der Waals surface area contributed by atoms with Gasteiger partial charge in [0.05, 0.1) is 0 Å². The molecule has 5 N–H and O–H groups in total. The van der Waals surface area contributed by atoms with Gasteiger partial charge in [-0.3, -0.25) is 4.79 Å². The molecule has 0 aliphatic rings. The van der Waals surface area contributed by atoms with Gasteiger partial charge in [0, 0.05) is 0 Å². The van der Waals surface area contributed by atoms with Gasteiger partial charge in [0.25, 0.3) is 0 Å². The van der Waals surface area contributed by atoms with Crippen molar-refractivity contribution in [3.8, 4) is 0 Å². The SMILES string of the molecule is C=C(CCN)[C@@H](N)C(=O)O. The lowest BCUT2D eigenvalue weighted by atomic mass is 10.1. The third-order valence-electron chi connectivity index (χ3n) is 1.17. The van der Waals surface area contributed by atoms with Gasteiger partial charge in [0.1, 0.15) is 6.04 Å². The molecule has 0 aliphatic carbocycles. The van der Waals surface area contributed by atoms with Crippen molar-refractivity contribution in [3.05, 3.63) is 12.2 Å². The fourth-order valence-electron chi connectivity index (χ4n) is 0.516. The van der Waals surface area contributed by atoms with E-state index in [0.717, 1.165) is 0 Å². The first-order valence-electron chi connectivity index (χ1n) is 2.95. The molecule has 0 unspecified atom stereocenters. The van der Waals surface area contributed by atoms with Gasteiger partial charge in [-0.25, -0.2) is 0 Å². The molecule has 4 nitrogen and oxygen atoms in total. The molecule has 0 heterocycles. The summed E-state index contributed by atoms with van der Waals surface area (Å²) in [6, 6.07) is -0.969. The van der Waals surface area contributed by atoms with E-state index in [4.69, 9.17) is 16.6 Å². The normalized spacial score (nSPS) is 12.6. The standard InChI is InChI=1S/C6H12N2O2/c1-4(2-3-7)5(8)6(9)10/h5H,1-3,7-8H2,(H,9,10)/t5-/m1/s1.